The minimum Gasteiger partial charge on any atom is -0.354 e. The molecule has 1 unspecified atom stereocenters. The largest absolute Gasteiger partial charge is 0.354 e. The minimum atomic E-state index is -0.0608. The van der Waals surface area contributed by atoms with Gasteiger partial charge in [0.15, 0.2) is 0 Å². The van der Waals surface area contributed by atoms with E-state index in [9.17, 15) is 4.79 Å². The molecule has 27 heavy (non-hydrogen) atoms. The number of rotatable bonds is 3. The summed E-state index contributed by atoms with van der Waals surface area (Å²) in [7, 11) is 0. The Bertz CT molecular complexity index is 1050. The molecule has 2 heterocycles. The lowest BCUT2D eigenvalue weighted by Crippen LogP contribution is -2.35. The van der Waals surface area contributed by atoms with Crippen molar-refractivity contribution in [3.8, 4) is 6.07 Å². The summed E-state index contributed by atoms with van der Waals surface area (Å²) in [5, 5.41) is 12.2. The average molecular weight is 354 g/mol. The highest BCUT2D eigenvalue weighted by Crippen LogP contribution is 2.33. The number of nitrogens with one attached hydrogen (secondary N) is 1. The maximum Gasteiger partial charge on any atom is 0.260 e. The van der Waals surface area contributed by atoms with Gasteiger partial charge in [-0.25, -0.2) is 0 Å². The van der Waals surface area contributed by atoms with E-state index in [1.807, 2.05) is 35.2 Å². The van der Waals surface area contributed by atoms with E-state index in [4.69, 9.17) is 5.26 Å². The number of amides is 1. The van der Waals surface area contributed by atoms with Crippen LogP contribution >= 0.6 is 0 Å². The molecule has 0 saturated carbocycles. The first-order chi connectivity index (χ1) is 13.2. The number of pyridine rings is 1. The zero-order valence-corrected chi connectivity index (χ0v) is 14.9. The number of hydrogen-bond acceptors (Lipinski definition) is 4. The first-order valence-corrected chi connectivity index (χ1v) is 8.79. The Morgan fingerprint density at radius 3 is 2.85 bits per heavy atom. The van der Waals surface area contributed by atoms with E-state index in [-0.39, 0.29) is 11.9 Å². The molecular formula is C22H18N4O. The predicted molar refractivity (Wildman–Crippen MR) is 105 cm³/mol. The Kier molecular flexibility index (Phi) is 4.31. The third-order valence-electron chi connectivity index (χ3n) is 4.69. The van der Waals surface area contributed by atoms with Crippen molar-refractivity contribution in [1.29, 1.82) is 5.26 Å². The second kappa shape index (κ2) is 6.93. The average Bonchev–Trinajstić information content (AvgIpc) is 3.03. The molecule has 5 nitrogen and oxygen atoms in total. The van der Waals surface area contributed by atoms with Crippen LogP contribution < -0.4 is 10.2 Å². The molecule has 1 amide bonds. The second-order valence-corrected chi connectivity index (χ2v) is 6.64. The molecular weight excluding hydrogens is 336 g/mol. The Labute approximate surface area is 157 Å². The number of nitrogens with zero attached hydrogens (tertiary/aromatic N) is 3. The van der Waals surface area contributed by atoms with Gasteiger partial charge in [-0.1, -0.05) is 24.3 Å². The standard InChI is InChI=1S/C22H18N4O/c1-15-9-17-6-2-3-8-21(17)26(15)22(27)18-11-20(14-24-13-18)25-19-7-4-5-16(10-19)12-23/h2-8,10-11,13-15,25H,9H2,1H3. The van der Waals surface area contributed by atoms with Crippen molar-refractivity contribution in [2.24, 2.45) is 0 Å². The normalized spacial score (nSPS) is 15.1. The molecule has 0 radical (unpaired) electrons. The fourth-order valence-electron chi connectivity index (χ4n) is 3.47. The summed E-state index contributed by atoms with van der Waals surface area (Å²) in [6, 6.07) is 19.2. The van der Waals surface area contributed by atoms with Crippen molar-refractivity contribution in [3.63, 3.8) is 0 Å². The van der Waals surface area contributed by atoms with Gasteiger partial charge in [0.2, 0.25) is 0 Å². The van der Waals surface area contributed by atoms with Gasteiger partial charge in [0.1, 0.15) is 0 Å². The Balaban J connectivity index is 1.61. The fourth-order valence-corrected chi connectivity index (χ4v) is 3.47. The van der Waals surface area contributed by atoms with Crippen LogP contribution in [0, 0.1) is 11.3 Å². The van der Waals surface area contributed by atoms with Gasteiger partial charge in [0.25, 0.3) is 5.91 Å². The van der Waals surface area contributed by atoms with Gasteiger partial charge >= 0.3 is 0 Å². The molecule has 1 atom stereocenters. The van der Waals surface area contributed by atoms with Crippen molar-refractivity contribution >= 4 is 23.0 Å². The Hall–Kier alpha value is -3.65. The zero-order valence-electron chi connectivity index (χ0n) is 14.9. The molecule has 0 spiro atoms. The number of fused-ring (bicyclic) bond motifs is 1. The van der Waals surface area contributed by atoms with Crippen molar-refractivity contribution in [2.75, 3.05) is 10.2 Å². The molecule has 0 aliphatic carbocycles. The fraction of sp³-hybridized carbons (Fsp3) is 0.136. The van der Waals surface area contributed by atoms with Crippen molar-refractivity contribution < 1.29 is 4.79 Å². The van der Waals surface area contributed by atoms with Crippen molar-refractivity contribution in [1.82, 2.24) is 4.98 Å². The van der Waals surface area contributed by atoms with Gasteiger partial charge in [0, 0.05) is 23.6 Å². The van der Waals surface area contributed by atoms with E-state index >= 15 is 0 Å². The van der Waals surface area contributed by atoms with E-state index in [2.05, 4.69) is 29.4 Å². The smallest absolute Gasteiger partial charge is 0.260 e. The molecule has 0 bridgehead atoms. The molecule has 1 aliphatic heterocycles. The van der Waals surface area contributed by atoms with Gasteiger partial charge in [-0.05, 0) is 49.2 Å². The number of hydrogen-bond donors (Lipinski definition) is 1. The first kappa shape index (κ1) is 16.8. The topological polar surface area (TPSA) is 69.0 Å². The Morgan fingerprint density at radius 2 is 2.00 bits per heavy atom. The molecule has 0 fully saturated rings. The SMILES string of the molecule is CC1Cc2ccccc2N1C(=O)c1cncc(Nc2cccc(C#N)c2)c1. The third-order valence-corrected chi connectivity index (χ3v) is 4.69. The molecule has 1 N–H and O–H groups in total. The monoisotopic (exact) mass is 354 g/mol. The van der Waals surface area contributed by atoms with Crippen LogP contribution in [0.2, 0.25) is 0 Å². The van der Waals surface area contributed by atoms with E-state index in [0.29, 0.717) is 16.8 Å². The first-order valence-electron chi connectivity index (χ1n) is 8.79. The highest BCUT2D eigenvalue weighted by atomic mass is 16.2. The zero-order chi connectivity index (χ0) is 18.8. The van der Waals surface area contributed by atoms with Crippen LogP contribution in [0.3, 0.4) is 0 Å². The summed E-state index contributed by atoms with van der Waals surface area (Å²) in [6.45, 7) is 2.06. The summed E-state index contributed by atoms with van der Waals surface area (Å²) >= 11 is 0. The number of benzene rings is 2. The van der Waals surface area contributed by atoms with Crippen LogP contribution in [0.4, 0.5) is 17.1 Å². The maximum atomic E-state index is 13.1. The van der Waals surface area contributed by atoms with Gasteiger partial charge in [0.05, 0.1) is 29.1 Å². The minimum absolute atomic E-state index is 0.0608. The third kappa shape index (κ3) is 3.25. The second-order valence-electron chi connectivity index (χ2n) is 6.64. The van der Waals surface area contributed by atoms with E-state index < -0.39 is 0 Å². The van der Waals surface area contributed by atoms with Gasteiger partial charge < -0.3 is 10.2 Å². The van der Waals surface area contributed by atoms with Gasteiger partial charge in [-0.3, -0.25) is 9.78 Å². The summed E-state index contributed by atoms with van der Waals surface area (Å²) in [6.07, 6.45) is 4.11. The molecule has 4 rings (SSSR count). The number of carbonyl (C=O) groups excluding carboxylic acids is 1. The number of aromatic nitrogens is 1. The van der Waals surface area contributed by atoms with E-state index in [1.165, 1.54) is 5.56 Å². The van der Waals surface area contributed by atoms with Crippen LogP contribution in [0.15, 0.2) is 67.0 Å². The molecule has 132 valence electrons. The molecule has 1 aromatic heterocycles. The van der Waals surface area contributed by atoms with Crippen molar-refractivity contribution in [3.05, 3.63) is 83.7 Å². The molecule has 0 saturated heterocycles. The lowest BCUT2D eigenvalue weighted by Gasteiger charge is -2.23. The van der Waals surface area contributed by atoms with Crippen LogP contribution in [0.1, 0.15) is 28.4 Å². The maximum absolute atomic E-state index is 13.1. The van der Waals surface area contributed by atoms with E-state index in [0.717, 1.165) is 17.8 Å². The molecule has 3 aromatic rings. The summed E-state index contributed by atoms with van der Waals surface area (Å²) in [5.41, 5.74) is 4.74. The van der Waals surface area contributed by atoms with Crippen molar-refractivity contribution in [2.45, 2.75) is 19.4 Å². The van der Waals surface area contributed by atoms with Crippen LogP contribution in [0.5, 0.6) is 0 Å². The lowest BCUT2D eigenvalue weighted by molar-refractivity contribution is 0.0981. The molecule has 1 aliphatic rings. The predicted octanol–water partition coefficient (Wildman–Crippen LogP) is 4.29. The van der Waals surface area contributed by atoms with E-state index in [1.54, 1.807) is 30.6 Å². The molecule has 2 aromatic carbocycles. The summed E-state index contributed by atoms with van der Waals surface area (Å²) in [5.74, 6) is -0.0608. The number of nitriles is 1. The Morgan fingerprint density at radius 1 is 1.15 bits per heavy atom. The lowest BCUT2D eigenvalue weighted by atomic mass is 10.1. The molecule has 5 heteroatoms. The van der Waals surface area contributed by atoms with Crippen LogP contribution in [-0.4, -0.2) is 16.9 Å². The summed E-state index contributed by atoms with van der Waals surface area (Å²) in [4.78, 5) is 19.2. The quantitative estimate of drug-likeness (QED) is 0.762. The summed E-state index contributed by atoms with van der Waals surface area (Å²) < 4.78 is 0. The highest BCUT2D eigenvalue weighted by Gasteiger charge is 2.31. The van der Waals surface area contributed by atoms with Crippen LogP contribution in [0.25, 0.3) is 0 Å². The van der Waals surface area contributed by atoms with Gasteiger partial charge in [-0.15, -0.1) is 0 Å². The number of para-hydroxylation sites is 1. The van der Waals surface area contributed by atoms with Gasteiger partial charge in [-0.2, -0.15) is 5.26 Å². The number of anilines is 3. The van der Waals surface area contributed by atoms with Crippen LogP contribution in [-0.2, 0) is 6.42 Å². The highest BCUT2D eigenvalue weighted by molar-refractivity contribution is 6.08. The number of carbonyl (C=O) groups is 1.